The fraction of sp³-hybridized carbons (Fsp3) is 0.139. The van der Waals surface area contributed by atoms with Crippen LogP contribution in [0.2, 0.25) is 0 Å². The molecule has 0 spiro atoms. The summed E-state index contributed by atoms with van der Waals surface area (Å²) in [6.45, 7) is 0. The first-order valence-corrected chi connectivity index (χ1v) is 16.0. The van der Waals surface area contributed by atoms with Crippen molar-refractivity contribution in [1.82, 2.24) is 0 Å². The molecule has 6 nitrogen and oxygen atoms in total. The standard InChI is InChI=1S/C36H27F3N2O4S/c1-45-32-17-10-22-6-2-4-8-27(22)29(32)21-35(19-18-23-7-3-5-9-30(23)35)33-28-20-26(15-16-31(28)40-34(33)42)46(43,44)41-25-13-11-24(12-14-25)36(37,38)39/h2-20,33,41H,21H2,1H3,(H,40,42). The Morgan fingerprint density at radius 2 is 1.65 bits per heavy atom. The number of carbonyl (C=O) groups is 1. The summed E-state index contributed by atoms with van der Waals surface area (Å²) in [7, 11) is -2.63. The third-order valence-corrected chi connectivity index (χ3v) is 10.2. The van der Waals surface area contributed by atoms with Gasteiger partial charge >= 0.3 is 6.18 Å². The van der Waals surface area contributed by atoms with Gasteiger partial charge in [0.2, 0.25) is 5.91 Å². The van der Waals surface area contributed by atoms with Crippen LogP contribution in [0.3, 0.4) is 0 Å². The van der Waals surface area contributed by atoms with Crippen molar-refractivity contribution in [1.29, 1.82) is 0 Å². The van der Waals surface area contributed by atoms with Crippen LogP contribution in [0.5, 0.6) is 5.75 Å². The SMILES string of the molecule is COc1ccc2ccccc2c1CC1(C2C(=O)Nc3ccc(S(=O)(=O)Nc4ccc(C(F)(F)F)cc4)cc32)C=Cc2ccccc21. The molecule has 0 aromatic heterocycles. The summed E-state index contributed by atoms with van der Waals surface area (Å²) in [5.74, 6) is -0.417. The normalized spacial score (nSPS) is 18.7. The van der Waals surface area contributed by atoms with E-state index in [1.165, 1.54) is 12.1 Å². The molecule has 1 aliphatic heterocycles. The number of methoxy groups -OCH3 is 1. The Hall–Kier alpha value is -5.09. The Morgan fingerprint density at radius 3 is 2.41 bits per heavy atom. The summed E-state index contributed by atoms with van der Waals surface area (Å²) < 4.78 is 74.4. The number of hydrogen-bond donors (Lipinski definition) is 2. The van der Waals surface area contributed by atoms with Crippen molar-refractivity contribution < 1.29 is 31.1 Å². The molecule has 232 valence electrons. The minimum atomic E-state index is -4.55. The second-order valence-electron chi connectivity index (χ2n) is 11.5. The molecule has 0 saturated carbocycles. The number of benzene rings is 5. The second kappa shape index (κ2) is 10.8. The number of rotatable bonds is 7. The highest BCUT2D eigenvalue weighted by Crippen LogP contribution is 2.54. The summed E-state index contributed by atoms with van der Waals surface area (Å²) >= 11 is 0. The zero-order valence-corrected chi connectivity index (χ0v) is 25.2. The molecular formula is C36H27F3N2O4S. The van der Waals surface area contributed by atoms with Gasteiger partial charge in [-0.3, -0.25) is 9.52 Å². The monoisotopic (exact) mass is 640 g/mol. The lowest BCUT2D eigenvalue weighted by molar-refractivity contribution is -0.137. The number of allylic oxidation sites excluding steroid dienone is 1. The second-order valence-corrected chi connectivity index (χ2v) is 13.1. The lowest BCUT2D eigenvalue weighted by Gasteiger charge is -2.35. The van der Waals surface area contributed by atoms with E-state index in [1.54, 1.807) is 13.2 Å². The molecule has 10 heteroatoms. The van der Waals surface area contributed by atoms with Gasteiger partial charge in [0.15, 0.2) is 0 Å². The van der Waals surface area contributed by atoms with Crippen LogP contribution >= 0.6 is 0 Å². The number of anilines is 2. The van der Waals surface area contributed by atoms with Crippen molar-refractivity contribution in [2.24, 2.45) is 0 Å². The Morgan fingerprint density at radius 1 is 0.913 bits per heavy atom. The molecule has 5 aromatic rings. The molecule has 0 radical (unpaired) electrons. The number of carbonyl (C=O) groups excluding carboxylic acids is 1. The zero-order chi connectivity index (χ0) is 32.3. The smallest absolute Gasteiger partial charge is 0.416 e. The Bertz CT molecular complexity index is 2160. The quantitative estimate of drug-likeness (QED) is 0.189. The van der Waals surface area contributed by atoms with Crippen LogP contribution in [0.4, 0.5) is 24.5 Å². The van der Waals surface area contributed by atoms with Crippen molar-refractivity contribution in [2.45, 2.75) is 28.8 Å². The first-order chi connectivity index (χ1) is 22.0. The molecule has 2 atom stereocenters. The molecule has 1 aliphatic carbocycles. The van der Waals surface area contributed by atoms with Crippen molar-refractivity contribution in [3.8, 4) is 5.75 Å². The summed E-state index contributed by atoms with van der Waals surface area (Å²) in [5.41, 5.74) is 1.96. The highest BCUT2D eigenvalue weighted by molar-refractivity contribution is 7.92. The van der Waals surface area contributed by atoms with E-state index in [0.29, 0.717) is 23.4 Å². The molecule has 5 aromatic carbocycles. The third kappa shape index (κ3) is 4.89. The van der Waals surface area contributed by atoms with Gasteiger partial charge in [-0.25, -0.2) is 8.42 Å². The fourth-order valence-electron chi connectivity index (χ4n) is 6.74. The van der Waals surface area contributed by atoms with Crippen molar-refractivity contribution in [3.63, 3.8) is 0 Å². The number of nitrogens with one attached hydrogen (secondary N) is 2. The van der Waals surface area contributed by atoms with E-state index < -0.39 is 33.1 Å². The Labute approximate surface area is 263 Å². The molecule has 2 unspecified atom stereocenters. The molecular weight excluding hydrogens is 613 g/mol. The lowest BCUT2D eigenvalue weighted by Crippen LogP contribution is -2.37. The van der Waals surface area contributed by atoms with Gasteiger partial charge in [0.1, 0.15) is 5.75 Å². The first-order valence-electron chi connectivity index (χ1n) is 14.5. The number of fused-ring (bicyclic) bond motifs is 3. The number of ether oxygens (including phenoxy) is 1. The van der Waals surface area contributed by atoms with Crippen LogP contribution in [0.25, 0.3) is 16.8 Å². The minimum Gasteiger partial charge on any atom is -0.496 e. The Kier molecular flexibility index (Phi) is 6.93. The minimum absolute atomic E-state index is 0.0218. The van der Waals surface area contributed by atoms with Gasteiger partial charge in [-0.05, 0) is 82.4 Å². The van der Waals surface area contributed by atoms with Gasteiger partial charge in [-0.1, -0.05) is 66.7 Å². The number of alkyl halides is 3. The van der Waals surface area contributed by atoms with Crippen LogP contribution < -0.4 is 14.8 Å². The molecule has 1 heterocycles. The van der Waals surface area contributed by atoms with E-state index >= 15 is 0 Å². The highest BCUT2D eigenvalue weighted by atomic mass is 32.2. The predicted molar refractivity (Wildman–Crippen MR) is 171 cm³/mol. The predicted octanol–water partition coefficient (Wildman–Crippen LogP) is 7.91. The molecule has 46 heavy (non-hydrogen) atoms. The van der Waals surface area contributed by atoms with E-state index in [4.69, 9.17) is 4.74 Å². The van der Waals surface area contributed by atoms with Gasteiger partial charge in [0, 0.05) is 22.4 Å². The van der Waals surface area contributed by atoms with Crippen LogP contribution in [-0.4, -0.2) is 21.4 Å². The molecule has 2 N–H and O–H groups in total. The summed E-state index contributed by atoms with van der Waals surface area (Å²) in [6.07, 6.45) is -0.153. The lowest BCUT2D eigenvalue weighted by atomic mass is 9.65. The number of amides is 1. The molecule has 0 saturated heterocycles. The maximum Gasteiger partial charge on any atom is 0.416 e. The molecule has 0 fully saturated rings. The molecule has 2 aliphatic rings. The maximum atomic E-state index is 14.0. The van der Waals surface area contributed by atoms with Gasteiger partial charge in [-0.15, -0.1) is 0 Å². The van der Waals surface area contributed by atoms with Crippen molar-refractivity contribution >= 4 is 44.2 Å². The number of sulfonamides is 1. The molecule has 1 amide bonds. The number of halogens is 3. The summed E-state index contributed by atoms with van der Waals surface area (Å²) in [4.78, 5) is 13.8. The fourth-order valence-corrected chi connectivity index (χ4v) is 7.84. The third-order valence-electron chi connectivity index (χ3n) is 8.85. The topological polar surface area (TPSA) is 84.5 Å². The van der Waals surface area contributed by atoms with E-state index in [-0.39, 0.29) is 16.5 Å². The van der Waals surface area contributed by atoms with E-state index in [0.717, 1.165) is 51.7 Å². The zero-order valence-electron chi connectivity index (χ0n) is 24.4. The summed E-state index contributed by atoms with van der Waals surface area (Å²) in [5, 5.41) is 4.95. The number of hydrogen-bond acceptors (Lipinski definition) is 4. The molecule has 0 bridgehead atoms. The van der Waals surface area contributed by atoms with Crippen LogP contribution in [0, 0.1) is 0 Å². The van der Waals surface area contributed by atoms with E-state index in [2.05, 4.69) is 10.0 Å². The summed E-state index contributed by atoms with van der Waals surface area (Å²) in [6, 6.07) is 27.8. The van der Waals surface area contributed by atoms with Crippen LogP contribution in [0.1, 0.15) is 33.7 Å². The maximum absolute atomic E-state index is 14.0. The van der Waals surface area contributed by atoms with E-state index in [9.17, 15) is 26.4 Å². The van der Waals surface area contributed by atoms with E-state index in [1.807, 2.05) is 72.8 Å². The van der Waals surface area contributed by atoms with Crippen LogP contribution in [0.15, 0.2) is 114 Å². The van der Waals surface area contributed by atoms with Gasteiger partial charge in [0.05, 0.1) is 23.5 Å². The average molecular weight is 641 g/mol. The highest BCUT2D eigenvalue weighted by Gasteiger charge is 2.50. The van der Waals surface area contributed by atoms with Gasteiger partial charge in [-0.2, -0.15) is 13.2 Å². The van der Waals surface area contributed by atoms with Crippen molar-refractivity contribution in [3.05, 3.63) is 137 Å². The van der Waals surface area contributed by atoms with Gasteiger partial charge in [0.25, 0.3) is 10.0 Å². The molecule has 7 rings (SSSR count). The largest absolute Gasteiger partial charge is 0.496 e. The average Bonchev–Trinajstić information content (AvgIpc) is 3.57. The Balaban J connectivity index is 1.34. The van der Waals surface area contributed by atoms with Gasteiger partial charge < -0.3 is 10.1 Å². The van der Waals surface area contributed by atoms with Crippen molar-refractivity contribution in [2.75, 3.05) is 17.1 Å². The van der Waals surface area contributed by atoms with Crippen LogP contribution in [-0.2, 0) is 32.8 Å². The first kappa shape index (κ1) is 29.6.